The van der Waals surface area contributed by atoms with Crippen LogP contribution in [0.4, 0.5) is 0 Å². The molecular formula is C17H12BrNO3. The molecule has 0 amide bonds. The highest BCUT2D eigenvalue weighted by Crippen LogP contribution is 2.18. The van der Waals surface area contributed by atoms with Crippen LogP contribution < -0.4 is 0 Å². The number of Topliss-reactive ketones (excluding diaryl/α,β-unsaturated/α-hetero) is 1. The zero-order valence-corrected chi connectivity index (χ0v) is 13.1. The fourth-order valence-corrected chi connectivity index (χ4v) is 2.43. The number of H-pyrrole nitrogens is 1. The van der Waals surface area contributed by atoms with Crippen molar-refractivity contribution in [2.45, 2.75) is 0 Å². The molecule has 0 aliphatic heterocycles. The minimum atomic E-state index is -0.511. The lowest BCUT2D eigenvalue weighted by Gasteiger charge is -2.04. The Morgan fingerprint density at radius 1 is 1.05 bits per heavy atom. The maximum Gasteiger partial charge on any atom is 0.340 e. The van der Waals surface area contributed by atoms with Gasteiger partial charge in [0, 0.05) is 27.1 Å². The number of rotatable bonds is 4. The Labute approximate surface area is 135 Å². The summed E-state index contributed by atoms with van der Waals surface area (Å²) in [5.74, 6) is -0.747. The van der Waals surface area contributed by atoms with Gasteiger partial charge < -0.3 is 9.72 Å². The van der Waals surface area contributed by atoms with E-state index in [-0.39, 0.29) is 12.4 Å². The largest absolute Gasteiger partial charge is 0.454 e. The number of esters is 1. The summed E-state index contributed by atoms with van der Waals surface area (Å²) >= 11 is 3.31. The molecule has 1 aromatic heterocycles. The number of carbonyl (C=O) groups excluding carboxylic acids is 2. The minimum Gasteiger partial charge on any atom is -0.454 e. The first-order valence-corrected chi connectivity index (χ1v) is 7.46. The van der Waals surface area contributed by atoms with E-state index in [0.717, 1.165) is 15.4 Å². The molecule has 0 saturated carbocycles. The van der Waals surface area contributed by atoms with E-state index < -0.39 is 5.97 Å². The standard InChI is InChI=1S/C17H12BrNO3/c18-12-7-5-11(6-8-12)16(20)10-22-17(21)14-9-19-15-4-2-1-3-13(14)15/h1-9,19H,10H2. The summed E-state index contributed by atoms with van der Waals surface area (Å²) in [6.45, 7) is -0.278. The van der Waals surface area contributed by atoms with Crippen LogP contribution in [0.2, 0.25) is 0 Å². The number of ketones is 1. The van der Waals surface area contributed by atoms with E-state index in [1.807, 2.05) is 24.3 Å². The van der Waals surface area contributed by atoms with Gasteiger partial charge in [-0.15, -0.1) is 0 Å². The number of ether oxygens (including phenoxy) is 1. The van der Waals surface area contributed by atoms with Crippen LogP contribution in [0.15, 0.2) is 59.2 Å². The zero-order valence-electron chi connectivity index (χ0n) is 11.5. The average Bonchev–Trinajstić information content (AvgIpc) is 2.97. The van der Waals surface area contributed by atoms with E-state index in [1.165, 1.54) is 0 Å². The fourth-order valence-electron chi connectivity index (χ4n) is 2.17. The van der Waals surface area contributed by atoms with E-state index in [4.69, 9.17) is 4.74 Å². The molecule has 0 fully saturated rings. The maximum atomic E-state index is 12.1. The summed E-state index contributed by atoms with van der Waals surface area (Å²) in [6, 6.07) is 14.4. The highest BCUT2D eigenvalue weighted by molar-refractivity contribution is 9.10. The molecule has 5 heteroatoms. The predicted molar refractivity (Wildman–Crippen MR) is 87.1 cm³/mol. The summed E-state index contributed by atoms with van der Waals surface area (Å²) in [4.78, 5) is 27.1. The summed E-state index contributed by atoms with van der Waals surface area (Å²) in [5.41, 5.74) is 1.79. The molecule has 0 bridgehead atoms. The number of aromatic amines is 1. The second-order valence-electron chi connectivity index (χ2n) is 4.75. The van der Waals surface area contributed by atoms with Gasteiger partial charge >= 0.3 is 5.97 Å². The highest BCUT2D eigenvalue weighted by atomic mass is 79.9. The molecule has 22 heavy (non-hydrogen) atoms. The Hall–Kier alpha value is -2.40. The van der Waals surface area contributed by atoms with Crippen molar-refractivity contribution in [2.75, 3.05) is 6.61 Å². The van der Waals surface area contributed by atoms with Gasteiger partial charge in [-0.3, -0.25) is 4.79 Å². The first-order valence-electron chi connectivity index (χ1n) is 6.67. The molecule has 3 aromatic rings. The maximum absolute atomic E-state index is 12.1. The number of benzene rings is 2. The molecule has 1 heterocycles. The summed E-state index contributed by atoms with van der Waals surface area (Å²) < 4.78 is 6.01. The van der Waals surface area contributed by atoms with Gasteiger partial charge in [-0.05, 0) is 18.2 Å². The molecule has 3 rings (SSSR count). The average molecular weight is 358 g/mol. The summed E-state index contributed by atoms with van der Waals surface area (Å²) in [6.07, 6.45) is 1.59. The van der Waals surface area contributed by atoms with Crippen LogP contribution >= 0.6 is 15.9 Å². The van der Waals surface area contributed by atoms with Crippen molar-refractivity contribution in [2.24, 2.45) is 0 Å². The van der Waals surface area contributed by atoms with Crippen LogP contribution in [0, 0.1) is 0 Å². The van der Waals surface area contributed by atoms with Gasteiger partial charge in [-0.1, -0.05) is 46.3 Å². The van der Waals surface area contributed by atoms with Crippen LogP contribution in [0.1, 0.15) is 20.7 Å². The monoisotopic (exact) mass is 357 g/mol. The smallest absolute Gasteiger partial charge is 0.340 e. The van der Waals surface area contributed by atoms with Crippen LogP contribution in [-0.2, 0) is 4.74 Å². The Kier molecular flexibility index (Phi) is 4.06. The van der Waals surface area contributed by atoms with Crippen molar-refractivity contribution >= 4 is 38.6 Å². The molecule has 0 saturated heterocycles. The van der Waals surface area contributed by atoms with Crippen molar-refractivity contribution in [3.8, 4) is 0 Å². The summed E-state index contributed by atoms with van der Waals surface area (Å²) in [5, 5.41) is 0.781. The number of fused-ring (bicyclic) bond motifs is 1. The van der Waals surface area contributed by atoms with Gasteiger partial charge in [0.1, 0.15) is 0 Å². The van der Waals surface area contributed by atoms with Gasteiger partial charge in [-0.2, -0.15) is 0 Å². The molecule has 1 N–H and O–H groups in total. The lowest BCUT2D eigenvalue weighted by Crippen LogP contribution is -2.14. The van der Waals surface area contributed by atoms with E-state index >= 15 is 0 Å². The molecule has 0 aliphatic carbocycles. The molecule has 0 radical (unpaired) electrons. The molecule has 0 unspecified atom stereocenters. The number of hydrogen-bond donors (Lipinski definition) is 1. The van der Waals surface area contributed by atoms with Gasteiger partial charge in [0.2, 0.25) is 0 Å². The second-order valence-corrected chi connectivity index (χ2v) is 5.67. The Morgan fingerprint density at radius 2 is 1.77 bits per heavy atom. The van der Waals surface area contributed by atoms with Gasteiger partial charge in [0.05, 0.1) is 5.56 Å². The number of halogens is 1. The predicted octanol–water partition coefficient (Wildman–Crippen LogP) is 3.97. The molecule has 0 aliphatic rings. The molecule has 2 aromatic carbocycles. The van der Waals surface area contributed by atoms with Crippen LogP contribution in [0.5, 0.6) is 0 Å². The van der Waals surface area contributed by atoms with E-state index in [0.29, 0.717) is 11.1 Å². The lowest BCUT2D eigenvalue weighted by molar-refractivity contribution is 0.0477. The molecule has 4 nitrogen and oxygen atoms in total. The van der Waals surface area contributed by atoms with Crippen LogP contribution in [0.25, 0.3) is 10.9 Å². The Balaban J connectivity index is 1.70. The Morgan fingerprint density at radius 3 is 2.55 bits per heavy atom. The van der Waals surface area contributed by atoms with Crippen LogP contribution in [-0.4, -0.2) is 23.3 Å². The summed E-state index contributed by atoms with van der Waals surface area (Å²) in [7, 11) is 0. The SMILES string of the molecule is O=C(COC(=O)c1c[nH]c2ccccc12)c1ccc(Br)cc1. The van der Waals surface area contributed by atoms with Crippen molar-refractivity contribution in [1.29, 1.82) is 0 Å². The zero-order chi connectivity index (χ0) is 15.5. The fraction of sp³-hybridized carbons (Fsp3) is 0.0588. The first kappa shape index (κ1) is 14.5. The number of hydrogen-bond acceptors (Lipinski definition) is 3. The number of aromatic nitrogens is 1. The highest BCUT2D eigenvalue weighted by Gasteiger charge is 2.15. The normalized spacial score (nSPS) is 10.6. The van der Waals surface area contributed by atoms with Crippen molar-refractivity contribution in [3.63, 3.8) is 0 Å². The second kappa shape index (κ2) is 6.15. The molecule has 0 spiro atoms. The first-order chi connectivity index (χ1) is 10.6. The quantitative estimate of drug-likeness (QED) is 0.567. The van der Waals surface area contributed by atoms with E-state index in [2.05, 4.69) is 20.9 Å². The van der Waals surface area contributed by atoms with Gasteiger partial charge in [0.25, 0.3) is 0 Å². The van der Waals surface area contributed by atoms with E-state index in [1.54, 1.807) is 30.5 Å². The van der Waals surface area contributed by atoms with Crippen molar-refractivity contribution in [3.05, 3.63) is 70.3 Å². The Bertz CT molecular complexity index is 836. The van der Waals surface area contributed by atoms with Gasteiger partial charge in [0.15, 0.2) is 12.4 Å². The number of carbonyl (C=O) groups is 2. The third-order valence-electron chi connectivity index (χ3n) is 3.31. The molecule has 0 atom stereocenters. The molecular weight excluding hydrogens is 346 g/mol. The topological polar surface area (TPSA) is 59.2 Å². The van der Waals surface area contributed by atoms with Crippen molar-refractivity contribution in [1.82, 2.24) is 4.98 Å². The van der Waals surface area contributed by atoms with E-state index in [9.17, 15) is 9.59 Å². The number of para-hydroxylation sites is 1. The number of nitrogens with one attached hydrogen (secondary N) is 1. The lowest BCUT2D eigenvalue weighted by atomic mass is 10.1. The van der Waals surface area contributed by atoms with Crippen molar-refractivity contribution < 1.29 is 14.3 Å². The minimum absolute atomic E-state index is 0.235. The third-order valence-corrected chi connectivity index (χ3v) is 3.84. The van der Waals surface area contributed by atoms with Crippen LogP contribution in [0.3, 0.4) is 0 Å². The van der Waals surface area contributed by atoms with Gasteiger partial charge in [-0.25, -0.2) is 4.79 Å². The third kappa shape index (κ3) is 2.94. The molecule has 110 valence electrons.